The Labute approximate surface area is 121 Å². The van der Waals surface area contributed by atoms with Gasteiger partial charge in [-0.1, -0.05) is 11.6 Å². The van der Waals surface area contributed by atoms with E-state index >= 15 is 0 Å². The Hall–Kier alpha value is -1.89. The summed E-state index contributed by atoms with van der Waals surface area (Å²) >= 11 is 5.66. The quantitative estimate of drug-likeness (QED) is 0.647. The number of aliphatic hydroxyl groups is 2. The molecule has 0 aliphatic carbocycles. The molecule has 0 spiro atoms. The number of anilines is 3. The van der Waals surface area contributed by atoms with Crippen molar-refractivity contribution in [3.8, 4) is 0 Å². The molecule has 0 saturated carbocycles. The van der Waals surface area contributed by atoms with Gasteiger partial charge >= 0.3 is 0 Å². The normalized spacial score (nSPS) is 11.9. The highest BCUT2D eigenvalue weighted by Crippen LogP contribution is 2.17. The van der Waals surface area contributed by atoms with Crippen LogP contribution < -0.4 is 10.6 Å². The third-order valence-corrected chi connectivity index (χ3v) is 2.74. The maximum absolute atomic E-state index is 9.24. The predicted octanol–water partition coefficient (Wildman–Crippen LogP) is 1.64. The third kappa shape index (κ3) is 4.34. The van der Waals surface area contributed by atoms with Gasteiger partial charge in [0.2, 0.25) is 0 Å². The summed E-state index contributed by atoms with van der Waals surface area (Å²) in [6.45, 7) is 0.0355. The predicted molar refractivity (Wildman–Crippen MR) is 78.3 cm³/mol. The molecule has 1 atom stereocenters. The zero-order chi connectivity index (χ0) is 14.4. The van der Waals surface area contributed by atoms with E-state index in [1.807, 2.05) is 24.3 Å². The molecule has 6 nitrogen and oxygen atoms in total. The van der Waals surface area contributed by atoms with Crippen LogP contribution in [0.25, 0.3) is 0 Å². The molecule has 0 radical (unpaired) electrons. The highest BCUT2D eigenvalue weighted by atomic mass is 35.5. The number of aliphatic hydroxyl groups excluding tert-OH is 2. The number of halogens is 1. The second kappa shape index (κ2) is 7.04. The second-order valence-corrected chi connectivity index (χ2v) is 4.55. The van der Waals surface area contributed by atoms with Crippen LogP contribution in [0, 0.1) is 0 Å². The highest BCUT2D eigenvalue weighted by Gasteiger charge is 2.02. The summed E-state index contributed by atoms with van der Waals surface area (Å²) in [6, 6.07) is 10.8. The zero-order valence-corrected chi connectivity index (χ0v) is 11.4. The van der Waals surface area contributed by atoms with Crippen molar-refractivity contribution in [1.29, 1.82) is 0 Å². The van der Waals surface area contributed by atoms with Crippen LogP contribution in [-0.2, 0) is 0 Å². The Morgan fingerprint density at radius 3 is 2.35 bits per heavy atom. The Balaban J connectivity index is 1.92. The van der Waals surface area contributed by atoms with E-state index in [0.29, 0.717) is 17.5 Å². The van der Waals surface area contributed by atoms with Crippen LogP contribution in [-0.4, -0.2) is 39.7 Å². The molecule has 1 aromatic heterocycles. The van der Waals surface area contributed by atoms with Gasteiger partial charge in [0.15, 0.2) is 11.0 Å². The first kappa shape index (κ1) is 14.5. The summed E-state index contributed by atoms with van der Waals surface area (Å²) in [5, 5.41) is 32.0. The van der Waals surface area contributed by atoms with Crippen molar-refractivity contribution < 1.29 is 10.2 Å². The lowest BCUT2D eigenvalue weighted by Crippen LogP contribution is -2.22. The fraction of sp³-hybridized carbons (Fsp3) is 0.231. The Morgan fingerprint density at radius 1 is 1.05 bits per heavy atom. The first-order valence-corrected chi connectivity index (χ1v) is 6.44. The van der Waals surface area contributed by atoms with Crippen molar-refractivity contribution in [2.24, 2.45) is 0 Å². The lowest BCUT2D eigenvalue weighted by Gasteiger charge is -2.11. The van der Waals surface area contributed by atoms with Crippen LogP contribution in [0.2, 0.25) is 5.15 Å². The van der Waals surface area contributed by atoms with E-state index in [1.165, 1.54) is 0 Å². The highest BCUT2D eigenvalue weighted by molar-refractivity contribution is 6.29. The van der Waals surface area contributed by atoms with Crippen molar-refractivity contribution in [2.45, 2.75) is 6.10 Å². The molecule has 0 amide bonds. The van der Waals surface area contributed by atoms with Crippen molar-refractivity contribution in [3.63, 3.8) is 0 Å². The minimum absolute atomic E-state index is 0.262. The van der Waals surface area contributed by atoms with Gasteiger partial charge in [-0.25, -0.2) is 0 Å². The number of rotatable bonds is 6. The topological polar surface area (TPSA) is 90.3 Å². The summed E-state index contributed by atoms with van der Waals surface area (Å²) in [6.07, 6.45) is -0.767. The Morgan fingerprint density at radius 2 is 1.75 bits per heavy atom. The van der Waals surface area contributed by atoms with Gasteiger partial charge in [-0.2, -0.15) is 0 Å². The smallest absolute Gasteiger partial charge is 0.153 e. The molecule has 1 heterocycles. The lowest BCUT2D eigenvalue weighted by molar-refractivity contribution is 0.105. The Bertz CT molecular complexity index is 533. The second-order valence-electron chi connectivity index (χ2n) is 4.16. The number of hydrogen-bond acceptors (Lipinski definition) is 6. The van der Waals surface area contributed by atoms with Gasteiger partial charge in [-0.05, 0) is 36.4 Å². The van der Waals surface area contributed by atoms with E-state index in [4.69, 9.17) is 16.7 Å². The standard InChI is InChI=1S/C13H15ClN4O2/c14-12-5-6-13(18-17-12)16-10-3-1-9(2-4-10)15-7-11(20)8-19/h1-6,11,15,19-20H,7-8H2,(H,16,18). The molecule has 4 N–H and O–H groups in total. The SMILES string of the molecule is OCC(O)CNc1ccc(Nc2ccc(Cl)nn2)cc1. The molecule has 0 bridgehead atoms. The molecule has 106 valence electrons. The average Bonchev–Trinajstić information content (AvgIpc) is 2.48. The molecule has 0 saturated heterocycles. The van der Waals surface area contributed by atoms with Crippen molar-refractivity contribution in [1.82, 2.24) is 10.2 Å². The van der Waals surface area contributed by atoms with Gasteiger partial charge in [-0.3, -0.25) is 0 Å². The average molecular weight is 295 g/mol. The first-order chi connectivity index (χ1) is 9.67. The summed E-state index contributed by atoms with van der Waals surface area (Å²) in [4.78, 5) is 0. The molecule has 2 aromatic rings. The maximum Gasteiger partial charge on any atom is 0.153 e. The summed E-state index contributed by atoms with van der Waals surface area (Å²) < 4.78 is 0. The maximum atomic E-state index is 9.24. The van der Waals surface area contributed by atoms with Crippen LogP contribution >= 0.6 is 11.6 Å². The van der Waals surface area contributed by atoms with Gasteiger partial charge in [0.25, 0.3) is 0 Å². The third-order valence-electron chi connectivity index (χ3n) is 2.54. The van der Waals surface area contributed by atoms with Crippen LogP contribution in [0.1, 0.15) is 0 Å². The van der Waals surface area contributed by atoms with Crippen LogP contribution in [0.5, 0.6) is 0 Å². The van der Waals surface area contributed by atoms with Gasteiger partial charge in [0, 0.05) is 17.9 Å². The molecule has 20 heavy (non-hydrogen) atoms. The van der Waals surface area contributed by atoms with E-state index in [2.05, 4.69) is 20.8 Å². The molecule has 0 fully saturated rings. The van der Waals surface area contributed by atoms with Crippen LogP contribution in [0.15, 0.2) is 36.4 Å². The van der Waals surface area contributed by atoms with E-state index in [0.717, 1.165) is 11.4 Å². The molecular weight excluding hydrogens is 280 g/mol. The zero-order valence-electron chi connectivity index (χ0n) is 10.6. The molecule has 2 rings (SSSR count). The molecule has 7 heteroatoms. The largest absolute Gasteiger partial charge is 0.394 e. The summed E-state index contributed by atoms with van der Waals surface area (Å²) in [5.74, 6) is 0.603. The minimum Gasteiger partial charge on any atom is -0.394 e. The number of nitrogens with one attached hydrogen (secondary N) is 2. The van der Waals surface area contributed by atoms with Gasteiger partial charge in [0.1, 0.15) is 0 Å². The first-order valence-electron chi connectivity index (χ1n) is 6.06. The van der Waals surface area contributed by atoms with Gasteiger partial charge in [0.05, 0.1) is 12.7 Å². The van der Waals surface area contributed by atoms with Crippen LogP contribution in [0.3, 0.4) is 0 Å². The van der Waals surface area contributed by atoms with Crippen molar-refractivity contribution in [2.75, 3.05) is 23.8 Å². The lowest BCUT2D eigenvalue weighted by atomic mass is 10.2. The molecular formula is C13H15ClN4O2. The summed E-state index contributed by atoms with van der Waals surface area (Å²) in [5.41, 5.74) is 1.71. The molecule has 1 aromatic carbocycles. The summed E-state index contributed by atoms with van der Waals surface area (Å²) in [7, 11) is 0. The van der Waals surface area contributed by atoms with Crippen LogP contribution in [0.4, 0.5) is 17.2 Å². The number of benzene rings is 1. The van der Waals surface area contributed by atoms with E-state index in [-0.39, 0.29) is 6.61 Å². The Kier molecular flexibility index (Phi) is 5.11. The van der Waals surface area contributed by atoms with E-state index in [1.54, 1.807) is 12.1 Å². The van der Waals surface area contributed by atoms with Gasteiger partial charge in [-0.15, -0.1) is 10.2 Å². The fourth-order valence-corrected chi connectivity index (χ4v) is 1.60. The minimum atomic E-state index is -0.767. The van der Waals surface area contributed by atoms with E-state index < -0.39 is 6.10 Å². The van der Waals surface area contributed by atoms with Gasteiger partial charge < -0.3 is 20.8 Å². The molecule has 1 unspecified atom stereocenters. The van der Waals surface area contributed by atoms with E-state index in [9.17, 15) is 5.11 Å². The fourth-order valence-electron chi connectivity index (χ4n) is 1.50. The number of hydrogen-bond donors (Lipinski definition) is 4. The van der Waals surface area contributed by atoms with Crippen molar-refractivity contribution in [3.05, 3.63) is 41.6 Å². The molecule has 0 aliphatic heterocycles. The number of nitrogens with zero attached hydrogens (tertiary/aromatic N) is 2. The molecule has 0 aliphatic rings. The van der Waals surface area contributed by atoms with Crippen molar-refractivity contribution >= 4 is 28.8 Å². The number of aromatic nitrogens is 2. The monoisotopic (exact) mass is 294 g/mol.